The summed E-state index contributed by atoms with van der Waals surface area (Å²) in [5.41, 5.74) is 0.671. The molecule has 108 valence electrons. The lowest BCUT2D eigenvalue weighted by molar-refractivity contribution is 0.0929. The van der Waals surface area contributed by atoms with E-state index in [0.29, 0.717) is 0 Å². The Morgan fingerprint density at radius 1 is 1.33 bits per heavy atom. The number of amides is 1. The van der Waals surface area contributed by atoms with Gasteiger partial charge in [-0.1, -0.05) is 6.07 Å². The van der Waals surface area contributed by atoms with E-state index >= 15 is 0 Å². The molecule has 1 atom stereocenters. The van der Waals surface area contributed by atoms with Gasteiger partial charge in [0.1, 0.15) is 11.5 Å². The predicted octanol–water partition coefficient (Wildman–Crippen LogP) is 2.48. The van der Waals surface area contributed by atoms with Crippen molar-refractivity contribution in [3.63, 3.8) is 0 Å². The molecule has 0 saturated heterocycles. The Kier molecular flexibility index (Phi) is 3.79. The maximum Gasteiger partial charge on any atom is 0.268 e. The van der Waals surface area contributed by atoms with Gasteiger partial charge in [-0.05, 0) is 36.2 Å². The number of aromatic amines is 1. The number of H-pyrrole nitrogens is 1. The van der Waals surface area contributed by atoms with Gasteiger partial charge >= 0.3 is 0 Å². The quantitative estimate of drug-likeness (QED) is 0.896. The summed E-state index contributed by atoms with van der Waals surface area (Å²) >= 11 is 1.65. The second-order valence-corrected chi connectivity index (χ2v) is 5.91. The third-order valence-electron chi connectivity index (χ3n) is 3.33. The third-order valence-corrected chi connectivity index (χ3v) is 4.45. The van der Waals surface area contributed by atoms with Crippen molar-refractivity contribution in [2.75, 3.05) is 5.75 Å². The zero-order valence-corrected chi connectivity index (χ0v) is 11.9. The van der Waals surface area contributed by atoms with Gasteiger partial charge in [-0.2, -0.15) is 0 Å². The third kappa shape index (κ3) is 3.00. The van der Waals surface area contributed by atoms with Gasteiger partial charge in [0.2, 0.25) is 5.56 Å². The molecule has 1 aliphatic rings. The van der Waals surface area contributed by atoms with Crippen LogP contribution in [-0.2, 0) is 0 Å². The molecule has 0 fully saturated rings. The number of nitrogens with one attached hydrogen (secondary N) is 2. The van der Waals surface area contributed by atoms with Crippen molar-refractivity contribution in [1.82, 2.24) is 10.3 Å². The predicted molar refractivity (Wildman–Crippen MR) is 79.0 cm³/mol. The summed E-state index contributed by atoms with van der Waals surface area (Å²) in [5.74, 6) is 0.179. The molecule has 1 aromatic carbocycles. The highest BCUT2D eigenvalue weighted by Gasteiger charge is 2.23. The molecule has 1 amide bonds. The first-order valence-electron chi connectivity index (χ1n) is 6.56. The van der Waals surface area contributed by atoms with E-state index in [4.69, 9.17) is 0 Å². The normalized spacial score (nSPS) is 17.1. The van der Waals surface area contributed by atoms with Crippen molar-refractivity contribution in [1.29, 1.82) is 0 Å². The summed E-state index contributed by atoms with van der Waals surface area (Å²) in [7, 11) is 0. The molecule has 3 rings (SSSR count). The number of halogens is 1. The van der Waals surface area contributed by atoms with E-state index in [1.807, 2.05) is 0 Å². The summed E-state index contributed by atoms with van der Waals surface area (Å²) in [6.45, 7) is 0. The van der Waals surface area contributed by atoms with Crippen LogP contribution in [0, 0.1) is 5.82 Å². The molecule has 2 aromatic rings. The monoisotopic (exact) mass is 304 g/mol. The highest BCUT2D eigenvalue weighted by atomic mass is 32.2. The standard InChI is InChI=1S/C15H13FN2O2S/c16-9-4-5-13-10(8-9)11(6-7-21-13)18-15(20)12-2-1-3-14(19)17-12/h1-5,8,11H,6-7H2,(H,17,19)(H,18,20). The molecular formula is C15H13FN2O2S. The molecule has 4 nitrogen and oxygen atoms in total. The van der Waals surface area contributed by atoms with Crippen molar-refractivity contribution >= 4 is 17.7 Å². The molecule has 0 bridgehead atoms. The van der Waals surface area contributed by atoms with Crippen LogP contribution in [0.3, 0.4) is 0 Å². The van der Waals surface area contributed by atoms with Crippen molar-refractivity contribution in [2.24, 2.45) is 0 Å². The van der Waals surface area contributed by atoms with E-state index in [2.05, 4.69) is 10.3 Å². The Hall–Kier alpha value is -2.08. The van der Waals surface area contributed by atoms with E-state index in [-0.39, 0.29) is 29.0 Å². The average Bonchev–Trinajstić information content (AvgIpc) is 2.48. The summed E-state index contributed by atoms with van der Waals surface area (Å²) in [4.78, 5) is 26.9. The summed E-state index contributed by atoms with van der Waals surface area (Å²) in [6.07, 6.45) is 0.726. The van der Waals surface area contributed by atoms with Crippen LogP contribution in [-0.4, -0.2) is 16.6 Å². The molecule has 0 spiro atoms. The fourth-order valence-corrected chi connectivity index (χ4v) is 3.44. The van der Waals surface area contributed by atoms with E-state index in [1.54, 1.807) is 23.9 Å². The van der Waals surface area contributed by atoms with Gasteiger partial charge in [-0.3, -0.25) is 9.59 Å². The number of carbonyl (C=O) groups excluding carboxylic acids is 1. The number of carbonyl (C=O) groups is 1. The van der Waals surface area contributed by atoms with Crippen LogP contribution in [0.4, 0.5) is 4.39 Å². The first-order chi connectivity index (χ1) is 10.1. The Morgan fingerprint density at radius 2 is 2.19 bits per heavy atom. The van der Waals surface area contributed by atoms with Crippen LogP contribution in [0.1, 0.15) is 28.5 Å². The zero-order chi connectivity index (χ0) is 14.8. The van der Waals surface area contributed by atoms with Gasteiger partial charge in [0.25, 0.3) is 5.91 Å². The topological polar surface area (TPSA) is 62.0 Å². The van der Waals surface area contributed by atoms with Crippen LogP contribution in [0.2, 0.25) is 0 Å². The maximum absolute atomic E-state index is 13.4. The number of rotatable bonds is 2. The van der Waals surface area contributed by atoms with Crippen molar-refractivity contribution in [3.8, 4) is 0 Å². The second-order valence-electron chi connectivity index (χ2n) is 4.77. The van der Waals surface area contributed by atoms with Crippen LogP contribution in [0.15, 0.2) is 46.1 Å². The molecule has 0 saturated carbocycles. The molecule has 0 aliphatic carbocycles. The second kappa shape index (κ2) is 5.73. The van der Waals surface area contributed by atoms with Crippen molar-refractivity contribution < 1.29 is 9.18 Å². The fourth-order valence-electron chi connectivity index (χ4n) is 2.33. The van der Waals surface area contributed by atoms with Gasteiger partial charge in [-0.15, -0.1) is 11.8 Å². The molecular weight excluding hydrogens is 291 g/mol. The first-order valence-corrected chi connectivity index (χ1v) is 7.54. The number of benzene rings is 1. The highest BCUT2D eigenvalue weighted by Crippen LogP contribution is 2.36. The number of fused-ring (bicyclic) bond motifs is 1. The minimum absolute atomic E-state index is 0.207. The van der Waals surface area contributed by atoms with Gasteiger partial charge in [0, 0.05) is 16.7 Å². The lowest BCUT2D eigenvalue weighted by Gasteiger charge is -2.25. The molecule has 6 heteroatoms. The zero-order valence-electron chi connectivity index (χ0n) is 11.1. The Labute approximate surface area is 124 Å². The maximum atomic E-state index is 13.4. The largest absolute Gasteiger partial charge is 0.344 e. The minimum atomic E-state index is -0.361. The number of hydrogen-bond donors (Lipinski definition) is 2. The molecule has 1 aliphatic heterocycles. The summed E-state index contributed by atoms with van der Waals surface area (Å²) < 4.78 is 13.4. The molecule has 0 radical (unpaired) electrons. The molecule has 2 heterocycles. The smallest absolute Gasteiger partial charge is 0.268 e. The number of thioether (sulfide) groups is 1. The number of aromatic nitrogens is 1. The first kappa shape index (κ1) is 13.9. The Bertz CT molecular complexity index is 744. The SMILES string of the molecule is O=C(NC1CCSc2ccc(F)cc21)c1cccc(=O)[nH]1. The lowest BCUT2D eigenvalue weighted by atomic mass is 10.0. The van der Waals surface area contributed by atoms with Crippen LogP contribution in [0.25, 0.3) is 0 Å². The van der Waals surface area contributed by atoms with E-state index in [0.717, 1.165) is 22.6 Å². The molecule has 1 unspecified atom stereocenters. The number of pyridine rings is 1. The highest BCUT2D eigenvalue weighted by molar-refractivity contribution is 7.99. The van der Waals surface area contributed by atoms with Gasteiger partial charge in [-0.25, -0.2) is 4.39 Å². The van der Waals surface area contributed by atoms with E-state index < -0.39 is 0 Å². The Morgan fingerprint density at radius 3 is 3.00 bits per heavy atom. The van der Waals surface area contributed by atoms with Crippen LogP contribution in [0.5, 0.6) is 0 Å². The van der Waals surface area contributed by atoms with Crippen LogP contribution >= 0.6 is 11.8 Å². The van der Waals surface area contributed by atoms with E-state index in [1.165, 1.54) is 24.3 Å². The van der Waals surface area contributed by atoms with E-state index in [9.17, 15) is 14.0 Å². The molecule has 2 N–H and O–H groups in total. The van der Waals surface area contributed by atoms with Crippen molar-refractivity contribution in [2.45, 2.75) is 17.4 Å². The van der Waals surface area contributed by atoms with Crippen molar-refractivity contribution in [3.05, 3.63) is 63.8 Å². The Balaban J connectivity index is 1.85. The molecule has 21 heavy (non-hydrogen) atoms. The summed E-state index contributed by atoms with van der Waals surface area (Å²) in [6, 6.07) is 8.79. The van der Waals surface area contributed by atoms with Gasteiger partial charge < -0.3 is 10.3 Å². The number of hydrogen-bond acceptors (Lipinski definition) is 3. The average molecular weight is 304 g/mol. The van der Waals surface area contributed by atoms with Gasteiger partial charge in [0.05, 0.1) is 6.04 Å². The fraction of sp³-hybridized carbons (Fsp3) is 0.200. The minimum Gasteiger partial charge on any atom is -0.344 e. The van der Waals surface area contributed by atoms with Gasteiger partial charge in [0.15, 0.2) is 0 Å². The summed E-state index contributed by atoms with van der Waals surface area (Å²) in [5, 5.41) is 2.86. The molecule has 1 aromatic heterocycles. The van der Waals surface area contributed by atoms with Crippen LogP contribution < -0.4 is 10.9 Å². The lowest BCUT2D eigenvalue weighted by Crippen LogP contribution is -2.32.